The Bertz CT molecular complexity index is 1330. The molecule has 1 N–H and O–H groups in total. The van der Waals surface area contributed by atoms with Crippen molar-refractivity contribution in [2.45, 2.75) is 19.5 Å². The van der Waals surface area contributed by atoms with E-state index < -0.39 is 17.6 Å². The minimum absolute atomic E-state index is 0.0271. The minimum Gasteiger partial charge on any atom is -0.324 e. The Morgan fingerprint density at radius 1 is 0.941 bits per heavy atom. The molecule has 0 unspecified atom stereocenters. The second kappa shape index (κ2) is 9.43. The fraction of sp³-hybridized carbons (Fsp3) is 0.115. The first-order chi connectivity index (χ1) is 16.2. The molecule has 172 valence electrons. The Balaban J connectivity index is 1.50. The largest absolute Gasteiger partial charge is 0.417 e. The zero-order valence-corrected chi connectivity index (χ0v) is 18.0. The summed E-state index contributed by atoms with van der Waals surface area (Å²) in [7, 11) is 0. The summed E-state index contributed by atoms with van der Waals surface area (Å²) in [6.07, 6.45) is -1.96. The number of pyridine rings is 2. The Kier molecular flexibility index (Phi) is 6.40. The summed E-state index contributed by atoms with van der Waals surface area (Å²) in [6, 6.07) is 16.1. The van der Waals surface area contributed by atoms with Crippen LogP contribution in [0.1, 0.15) is 16.8 Å². The number of carbonyl (C=O) groups excluding carboxylic acids is 1. The average Bonchev–Trinajstić information content (AvgIpc) is 2.79. The van der Waals surface area contributed by atoms with Gasteiger partial charge in [0.2, 0.25) is 5.91 Å². The molecule has 4 aromatic rings. The lowest BCUT2D eigenvalue weighted by atomic mass is 9.96. The van der Waals surface area contributed by atoms with Crippen molar-refractivity contribution in [1.29, 1.82) is 0 Å². The number of nitrogens with zero attached hydrogens (tertiary/aromatic N) is 2. The van der Waals surface area contributed by atoms with Gasteiger partial charge in [-0.15, -0.1) is 0 Å². The van der Waals surface area contributed by atoms with E-state index in [1.165, 1.54) is 42.7 Å². The highest BCUT2D eigenvalue weighted by atomic mass is 19.4. The second-order valence-corrected chi connectivity index (χ2v) is 7.73. The third kappa shape index (κ3) is 5.46. The third-order valence-electron chi connectivity index (χ3n) is 5.13. The van der Waals surface area contributed by atoms with Crippen molar-refractivity contribution in [3.8, 4) is 22.4 Å². The Hall–Kier alpha value is -4.07. The topological polar surface area (TPSA) is 54.9 Å². The fourth-order valence-electron chi connectivity index (χ4n) is 3.58. The first kappa shape index (κ1) is 23.1. The van der Waals surface area contributed by atoms with E-state index in [-0.39, 0.29) is 23.4 Å². The van der Waals surface area contributed by atoms with Crippen LogP contribution in [-0.4, -0.2) is 15.9 Å². The maximum absolute atomic E-state index is 13.8. The molecule has 0 aliphatic heterocycles. The van der Waals surface area contributed by atoms with Gasteiger partial charge >= 0.3 is 6.18 Å². The molecule has 0 saturated carbocycles. The van der Waals surface area contributed by atoms with Gasteiger partial charge < -0.3 is 5.32 Å². The summed E-state index contributed by atoms with van der Waals surface area (Å²) in [5, 5.41) is 2.63. The van der Waals surface area contributed by atoms with Gasteiger partial charge in [0.25, 0.3) is 0 Å². The molecular weight excluding hydrogens is 446 g/mol. The molecule has 8 heteroatoms. The number of rotatable bonds is 5. The molecule has 0 atom stereocenters. The van der Waals surface area contributed by atoms with Crippen LogP contribution in [0.4, 0.5) is 23.2 Å². The number of carbonyl (C=O) groups is 1. The van der Waals surface area contributed by atoms with E-state index in [4.69, 9.17) is 0 Å². The van der Waals surface area contributed by atoms with E-state index in [1.807, 2.05) is 0 Å². The number of nitrogens with one attached hydrogen (secondary N) is 1. The van der Waals surface area contributed by atoms with Crippen molar-refractivity contribution in [2.24, 2.45) is 0 Å². The molecule has 4 rings (SSSR count). The summed E-state index contributed by atoms with van der Waals surface area (Å²) in [5.41, 5.74) is 1.93. The van der Waals surface area contributed by atoms with Gasteiger partial charge in [0, 0.05) is 17.5 Å². The Morgan fingerprint density at radius 3 is 2.44 bits per heavy atom. The van der Waals surface area contributed by atoms with Crippen molar-refractivity contribution in [3.63, 3.8) is 0 Å². The third-order valence-corrected chi connectivity index (χ3v) is 5.13. The molecular formula is C26H19F4N3O. The standard InChI is InChI=1S/C26H19F4N3O/c1-16-11-18(9-10-31-16)22-7-5-17(12-23(22)26(28,29)30)13-25(34)33-21-6-8-24(32-15-21)19-3-2-4-20(27)14-19/h2-12,14-15H,13H2,1H3,(H,33,34). The predicted octanol–water partition coefficient (Wildman–Crippen LogP) is 6.46. The summed E-state index contributed by atoms with van der Waals surface area (Å²) < 4.78 is 54.7. The molecule has 0 aliphatic rings. The number of anilines is 1. The number of aryl methyl sites for hydroxylation is 1. The zero-order chi connectivity index (χ0) is 24.3. The van der Waals surface area contributed by atoms with E-state index in [0.717, 1.165) is 6.07 Å². The number of benzene rings is 2. The van der Waals surface area contributed by atoms with Crippen LogP contribution in [0.2, 0.25) is 0 Å². The fourth-order valence-corrected chi connectivity index (χ4v) is 3.58. The molecule has 34 heavy (non-hydrogen) atoms. The zero-order valence-electron chi connectivity index (χ0n) is 18.0. The SMILES string of the molecule is Cc1cc(-c2ccc(CC(=O)Nc3ccc(-c4cccc(F)c4)nc3)cc2C(F)(F)F)ccn1. The highest BCUT2D eigenvalue weighted by Crippen LogP contribution is 2.38. The maximum Gasteiger partial charge on any atom is 0.417 e. The van der Waals surface area contributed by atoms with Crippen LogP contribution in [0.15, 0.2) is 79.1 Å². The monoisotopic (exact) mass is 465 g/mol. The van der Waals surface area contributed by atoms with Crippen LogP contribution in [0.3, 0.4) is 0 Å². The van der Waals surface area contributed by atoms with E-state index >= 15 is 0 Å². The van der Waals surface area contributed by atoms with Gasteiger partial charge in [0.15, 0.2) is 0 Å². The molecule has 4 nitrogen and oxygen atoms in total. The van der Waals surface area contributed by atoms with E-state index in [0.29, 0.717) is 28.2 Å². The van der Waals surface area contributed by atoms with Gasteiger partial charge in [-0.1, -0.05) is 24.3 Å². The number of amides is 1. The van der Waals surface area contributed by atoms with Crippen LogP contribution >= 0.6 is 0 Å². The molecule has 2 aromatic heterocycles. The van der Waals surface area contributed by atoms with Gasteiger partial charge in [-0.2, -0.15) is 13.2 Å². The van der Waals surface area contributed by atoms with Crippen LogP contribution in [0.5, 0.6) is 0 Å². The first-order valence-electron chi connectivity index (χ1n) is 10.3. The first-order valence-corrected chi connectivity index (χ1v) is 10.3. The van der Waals surface area contributed by atoms with E-state index in [2.05, 4.69) is 15.3 Å². The van der Waals surface area contributed by atoms with Gasteiger partial charge in [-0.3, -0.25) is 14.8 Å². The lowest BCUT2D eigenvalue weighted by molar-refractivity contribution is -0.137. The molecule has 2 heterocycles. The Morgan fingerprint density at radius 2 is 1.76 bits per heavy atom. The molecule has 0 aliphatic carbocycles. The second-order valence-electron chi connectivity index (χ2n) is 7.73. The van der Waals surface area contributed by atoms with E-state index in [1.54, 1.807) is 37.3 Å². The van der Waals surface area contributed by atoms with Crippen molar-refractivity contribution in [1.82, 2.24) is 9.97 Å². The lowest BCUT2D eigenvalue weighted by Gasteiger charge is -2.15. The molecule has 1 amide bonds. The van der Waals surface area contributed by atoms with Gasteiger partial charge in [-0.05, 0) is 66.1 Å². The molecule has 0 saturated heterocycles. The molecule has 2 aromatic carbocycles. The maximum atomic E-state index is 13.8. The summed E-state index contributed by atoms with van der Waals surface area (Å²) >= 11 is 0. The number of hydrogen-bond donors (Lipinski definition) is 1. The number of alkyl halides is 3. The van der Waals surface area contributed by atoms with E-state index in [9.17, 15) is 22.4 Å². The lowest BCUT2D eigenvalue weighted by Crippen LogP contribution is -2.15. The summed E-state index contributed by atoms with van der Waals surface area (Å²) in [4.78, 5) is 20.7. The van der Waals surface area contributed by atoms with Crippen LogP contribution in [-0.2, 0) is 17.4 Å². The highest BCUT2D eigenvalue weighted by Gasteiger charge is 2.34. The number of halogens is 4. The predicted molar refractivity (Wildman–Crippen MR) is 121 cm³/mol. The quantitative estimate of drug-likeness (QED) is 0.344. The van der Waals surface area contributed by atoms with Crippen molar-refractivity contribution in [3.05, 3.63) is 102 Å². The van der Waals surface area contributed by atoms with Crippen molar-refractivity contribution in [2.75, 3.05) is 5.32 Å². The normalized spacial score (nSPS) is 11.3. The van der Waals surface area contributed by atoms with Crippen LogP contribution in [0.25, 0.3) is 22.4 Å². The van der Waals surface area contributed by atoms with Crippen molar-refractivity contribution >= 4 is 11.6 Å². The number of hydrogen-bond acceptors (Lipinski definition) is 3. The molecule has 0 bridgehead atoms. The van der Waals surface area contributed by atoms with Crippen LogP contribution in [0, 0.1) is 12.7 Å². The Labute approximate surface area is 193 Å². The van der Waals surface area contributed by atoms with Gasteiger partial charge in [-0.25, -0.2) is 4.39 Å². The smallest absolute Gasteiger partial charge is 0.324 e. The molecule has 0 spiro atoms. The van der Waals surface area contributed by atoms with Gasteiger partial charge in [0.1, 0.15) is 5.82 Å². The number of aromatic nitrogens is 2. The van der Waals surface area contributed by atoms with Crippen molar-refractivity contribution < 1.29 is 22.4 Å². The average molecular weight is 465 g/mol. The van der Waals surface area contributed by atoms with Gasteiger partial charge in [0.05, 0.1) is 29.6 Å². The molecule has 0 fully saturated rings. The molecule has 0 radical (unpaired) electrons. The minimum atomic E-state index is -4.59. The van der Waals surface area contributed by atoms with Crippen LogP contribution < -0.4 is 5.32 Å². The summed E-state index contributed by atoms with van der Waals surface area (Å²) in [5.74, 6) is -0.874. The highest BCUT2D eigenvalue weighted by molar-refractivity contribution is 5.92. The summed E-state index contributed by atoms with van der Waals surface area (Å²) in [6.45, 7) is 1.70.